The Hall–Kier alpha value is -2.01. The molecule has 0 unspecified atom stereocenters. The van der Waals surface area contributed by atoms with Crippen LogP contribution in [0.3, 0.4) is 0 Å². The number of rotatable bonds is 3. The number of benzene rings is 1. The maximum Gasteiger partial charge on any atom is 0.300 e. The summed E-state index contributed by atoms with van der Waals surface area (Å²) < 4.78 is 0. The molecule has 0 spiro atoms. The molecule has 0 aliphatic carbocycles. The standard InChI is InChI=1S/C13H14N2O3/c1-8(16)13(18)15-11-4-3-9(7-14-2)5-10(11)6-12(15)17/h3-5,14H,6-7H2,1-2H3. The van der Waals surface area contributed by atoms with E-state index in [9.17, 15) is 14.4 Å². The summed E-state index contributed by atoms with van der Waals surface area (Å²) in [7, 11) is 1.84. The van der Waals surface area contributed by atoms with Gasteiger partial charge < -0.3 is 5.32 Å². The van der Waals surface area contributed by atoms with Crippen LogP contribution >= 0.6 is 0 Å². The van der Waals surface area contributed by atoms with Gasteiger partial charge in [0.2, 0.25) is 11.7 Å². The highest BCUT2D eigenvalue weighted by Crippen LogP contribution is 2.29. The number of amides is 2. The monoisotopic (exact) mass is 246 g/mol. The summed E-state index contributed by atoms with van der Waals surface area (Å²) in [6.07, 6.45) is 0.173. The smallest absolute Gasteiger partial charge is 0.300 e. The highest BCUT2D eigenvalue weighted by molar-refractivity contribution is 6.46. The molecule has 1 N–H and O–H groups in total. The third-order valence-electron chi connectivity index (χ3n) is 2.86. The molecule has 1 aromatic carbocycles. The molecule has 0 radical (unpaired) electrons. The molecule has 5 heteroatoms. The van der Waals surface area contributed by atoms with Crippen LogP contribution in [0.2, 0.25) is 0 Å². The fraction of sp³-hybridized carbons (Fsp3) is 0.308. The first-order valence-corrected chi connectivity index (χ1v) is 5.69. The zero-order valence-corrected chi connectivity index (χ0v) is 10.3. The molecule has 18 heavy (non-hydrogen) atoms. The molecule has 2 rings (SSSR count). The van der Waals surface area contributed by atoms with Gasteiger partial charge in [-0.25, -0.2) is 4.90 Å². The number of anilines is 1. The summed E-state index contributed by atoms with van der Waals surface area (Å²) in [6.45, 7) is 1.87. The second kappa shape index (κ2) is 4.70. The zero-order valence-electron chi connectivity index (χ0n) is 10.3. The van der Waals surface area contributed by atoms with E-state index in [0.29, 0.717) is 12.2 Å². The van der Waals surface area contributed by atoms with Crippen LogP contribution in [0.25, 0.3) is 0 Å². The third kappa shape index (κ3) is 2.04. The van der Waals surface area contributed by atoms with Gasteiger partial charge in [0, 0.05) is 13.5 Å². The Kier molecular flexibility index (Phi) is 3.25. The minimum absolute atomic E-state index is 0.173. The predicted molar refractivity (Wildman–Crippen MR) is 66.1 cm³/mol. The van der Waals surface area contributed by atoms with Crippen LogP contribution in [-0.2, 0) is 27.3 Å². The molecule has 5 nitrogen and oxygen atoms in total. The number of nitrogens with zero attached hydrogens (tertiary/aromatic N) is 1. The molecule has 94 valence electrons. The van der Waals surface area contributed by atoms with E-state index < -0.39 is 11.7 Å². The largest absolute Gasteiger partial charge is 0.316 e. The van der Waals surface area contributed by atoms with Crippen molar-refractivity contribution in [1.29, 1.82) is 0 Å². The zero-order chi connectivity index (χ0) is 13.3. The Morgan fingerprint density at radius 1 is 1.39 bits per heavy atom. The van der Waals surface area contributed by atoms with E-state index in [2.05, 4.69) is 5.32 Å². The lowest BCUT2D eigenvalue weighted by Gasteiger charge is -2.13. The molecule has 1 heterocycles. The van der Waals surface area contributed by atoms with E-state index >= 15 is 0 Å². The number of Topliss-reactive ketones (excluding diaryl/α,β-unsaturated/α-hetero) is 1. The second-order valence-electron chi connectivity index (χ2n) is 4.26. The minimum atomic E-state index is -0.764. The number of hydrogen-bond acceptors (Lipinski definition) is 4. The summed E-state index contributed by atoms with van der Waals surface area (Å²) in [5.41, 5.74) is 2.36. The Bertz CT molecular complexity index is 537. The van der Waals surface area contributed by atoms with Crippen molar-refractivity contribution in [2.45, 2.75) is 19.9 Å². The lowest BCUT2D eigenvalue weighted by Crippen LogP contribution is -2.37. The number of ketones is 1. The van der Waals surface area contributed by atoms with Crippen molar-refractivity contribution in [3.05, 3.63) is 29.3 Å². The van der Waals surface area contributed by atoms with E-state index in [1.54, 1.807) is 6.07 Å². The van der Waals surface area contributed by atoms with E-state index in [1.165, 1.54) is 6.92 Å². The molecule has 0 bridgehead atoms. The SMILES string of the molecule is CNCc1ccc2c(c1)CC(=O)N2C(=O)C(C)=O. The molecule has 0 fully saturated rings. The van der Waals surface area contributed by atoms with Crippen molar-refractivity contribution in [3.63, 3.8) is 0 Å². The van der Waals surface area contributed by atoms with Gasteiger partial charge in [-0.2, -0.15) is 0 Å². The Morgan fingerprint density at radius 3 is 2.72 bits per heavy atom. The molecule has 0 aromatic heterocycles. The molecular weight excluding hydrogens is 232 g/mol. The van der Waals surface area contributed by atoms with Crippen LogP contribution in [0, 0.1) is 0 Å². The van der Waals surface area contributed by atoms with Crippen LogP contribution < -0.4 is 10.2 Å². The van der Waals surface area contributed by atoms with E-state index in [-0.39, 0.29) is 12.3 Å². The molecule has 0 atom stereocenters. The first-order chi connectivity index (χ1) is 8.54. The summed E-state index contributed by atoms with van der Waals surface area (Å²) in [6, 6.07) is 5.44. The van der Waals surface area contributed by atoms with Crippen molar-refractivity contribution in [2.75, 3.05) is 11.9 Å². The first kappa shape index (κ1) is 12.4. The van der Waals surface area contributed by atoms with Gasteiger partial charge in [0.1, 0.15) is 0 Å². The predicted octanol–water partition coefficient (Wildman–Crippen LogP) is 0.411. The molecule has 1 aliphatic heterocycles. The molecule has 0 saturated heterocycles. The van der Waals surface area contributed by atoms with Crippen molar-refractivity contribution in [3.8, 4) is 0 Å². The lowest BCUT2D eigenvalue weighted by molar-refractivity contribution is -0.137. The van der Waals surface area contributed by atoms with Gasteiger partial charge in [0.15, 0.2) is 0 Å². The normalized spacial score (nSPS) is 13.7. The van der Waals surface area contributed by atoms with E-state index in [0.717, 1.165) is 16.0 Å². The van der Waals surface area contributed by atoms with Gasteiger partial charge in [-0.15, -0.1) is 0 Å². The van der Waals surface area contributed by atoms with Crippen molar-refractivity contribution >= 4 is 23.3 Å². The van der Waals surface area contributed by atoms with Gasteiger partial charge in [-0.3, -0.25) is 14.4 Å². The third-order valence-corrected chi connectivity index (χ3v) is 2.86. The number of carbonyl (C=O) groups excluding carboxylic acids is 3. The highest BCUT2D eigenvalue weighted by atomic mass is 16.2. The summed E-state index contributed by atoms with van der Waals surface area (Å²) in [5, 5.41) is 3.02. The highest BCUT2D eigenvalue weighted by Gasteiger charge is 2.34. The van der Waals surface area contributed by atoms with Gasteiger partial charge >= 0.3 is 5.91 Å². The van der Waals surface area contributed by atoms with Crippen LogP contribution in [0.15, 0.2) is 18.2 Å². The van der Waals surface area contributed by atoms with Gasteiger partial charge in [-0.1, -0.05) is 12.1 Å². The average Bonchev–Trinajstić information content (AvgIpc) is 2.63. The van der Waals surface area contributed by atoms with Crippen molar-refractivity contribution < 1.29 is 14.4 Å². The maximum atomic E-state index is 11.8. The van der Waals surface area contributed by atoms with Gasteiger partial charge in [0.25, 0.3) is 0 Å². The van der Waals surface area contributed by atoms with Crippen LogP contribution in [0.4, 0.5) is 5.69 Å². The fourth-order valence-corrected chi connectivity index (χ4v) is 2.07. The quantitative estimate of drug-likeness (QED) is 0.784. The number of nitrogens with one attached hydrogen (secondary N) is 1. The topological polar surface area (TPSA) is 66.5 Å². The summed E-state index contributed by atoms with van der Waals surface area (Å²) in [5.74, 6) is -1.73. The van der Waals surface area contributed by atoms with Crippen molar-refractivity contribution in [2.24, 2.45) is 0 Å². The minimum Gasteiger partial charge on any atom is -0.316 e. The number of carbonyl (C=O) groups is 3. The Morgan fingerprint density at radius 2 is 2.11 bits per heavy atom. The molecule has 2 amide bonds. The molecular formula is C13H14N2O3. The van der Waals surface area contributed by atoms with Crippen LogP contribution in [0.5, 0.6) is 0 Å². The van der Waals surface area contributed by atoms with Gasteiger partial charge in [0.05, 0.1) is 12.1 Å². The Balaban J connectivity index is 2.38. The first-order valence-electron chi connectivity index (χ1n) is 5.69. The number of imide groups is 1. The van der Waals surface area contributed by atoms with Crippen molar-refractivity contribution in [1.82, 2.24) is 5.32 Å². The number of fused-ring (bicyclic) bond motifs is 1. The summed E-state index contributed by atoms with van der Waals surface area (Å²) in [4.78, 5) is 35.5. The van der Waals surface area contributed by atoms with E-state index in [1.807, 2.05) is 19.2 Å². The summed E-state index contributed by atoms with van der Waals surface area (Å²) >= 11 is 0. The lowest BCUT2D eigenvalue weighted by atomic mass is 10.1. The number of hydrogen-bond donors (Lipinski definition) is 1. The maximum absolute atomic E-state index is 11.8. The average molecular weight is 246 g/mol. The van der Waals surface area contributed by atoms with Crippen LogP contribution in [0.1, 0.15) is 18.1 Å². The van der Waals surface area contributed by atoms with Crippen LogP contribution in [-0.4, -0.2) is 24.6 Å². The molecule has 1 aromatic rings. The van der Waals surface area contributed by atoms with Gasteiger partial charge in [-0.05, 0) is 24.2 Å². The molecule has 0 saturated carbocycles. The molecule has 1 aliphatic rings. The van der Waals surface area contributed by atoms with E-state index in [4.69, 9.17) is 0 Å². The fourth-order valence-electron chi connectivity index (χ4n) is 2.07. The second-order valence-corrected chi connectivity index (χ2v) is 4.26. The Labute approximate surface area is 105 Å².